The minimum absolute atomic E-state index is 0.438. The molecule has 0 radical (unpaired) electrons. The molecule has 2 heterocycles. The summed E-state index contributed by atoms with van der Waals surface area (Å²) in [4.78, 5) is 12.7. The molecule has 1 aromatic rings. The van der Waals surface area contributed by atoms with E-state index in [9.17, 15) is 0 Å². The van der Waals surface area contributed by atoms with Crippen LogP contribution in [-0.2, 0) is 0 Å². The van der Waals surface area contributed by atoms with Crippen LogP contribution in [0, 0.1) is 0 Å². The molecule has 1 fully saturated rings. The highest BCUT2D eigenvalue weighted by atomic mass is 16.5. The van der Waals surface area contributed by atoms with E-state index in [-0.39, 0.29) is 0 Å². The summed E-state index contributed by atoms with van der Waals surface area (Å²) in [5.74, 6) is 1.18. The maximum absolute atomic E-state index is 5.97. The molecule has 18 heavy (non-hydrogen) atoms. The van der Waals surface area contributed by atoms with Gasteiger partial charge in [-0.05, 0) is 25.9 Å². The molecule has 1 aromatic heterocycles. The van der Waals surface area contributed by atoms with E-state index in [1.54, 1.807) is 7.11 Å². The number of nitrogens with zero attached hydrogens (tertiary/aromatic N) is 4. The van der Waals surface area contributed by atoms with Gasteiger partial charge in [-0.25, -0.2) is 4.98 Å². The van der Waals surface area contributed by atoms with Gasteiger partial charge in [0.25, 0.3) is 0 Å². The average Bonchev–Trinajstić information content (AvgIpc) is 2.89. The lowest BCUT2D eigenvalue weighted by molar-refractivity contribution is 0.346. The van der Waals surface area contributed by atoms with Gasteiger partial charge in [-0.15, -0.1) is 0 Å². The van der Waals surface area contributed by atoms with Crippen molar-refractivity contribution in [1.82, 2.24) is 14.9 Å². The van der Waals surface area contributed by atoms with Gasteiger partial charge in [0.2, 0.25) is 5.88 Å². The summed E-state index contributed by atoms with van der Waals surface area (Å²) in [5.41, 5.74) is 6.48. The van der Waals surface area contributed by atoms with Crippen molar-refractivity contribution in [2.24, 2.45) is 0 Å². The first-order valence-corrected chi connectivity index (χ1v) is 6.30. The molecule has 0 bridgehead atoms. The van der Waals surface area contributed by atoms with Gasteiger partial charge in [-0.3, -0.25) is 0 Å². The van der Waals surface area contributed by atoms with E-state index in [1.807, 2.05) is 7.05 Å². The Kier molecular flexibility index (Phi) is 4.19. The maximum atomic E-state index is 5.97. The third-order valence-electron chi connectivity index (χ3n) is 3.33. The Balaban J connectivity index is 1.97. The van der Waals surface area contributed by atoms with Gasteiger partial charge < -0.3 is 20.3 Å². The van der Waals surface area contributed by atoms with E-state index in [1.165, 1.54) is 32.3 Å². The summed E-state index contributed by atoms with van der Waals surface area (Å²) in [7, 11) is 3.56. The lowest BCUT2D eigenvalue weighted by Crippen LogP contribution is -2.32. The first-order chi connectivity index (χ1) is 8.72. The number of ether oxygens (including phenoxy) is 1. The summed E-state index contributed by atoms with van der Waals surface area (Å²) in [6.45, 7) is 4.36. The fraction of sp³-hybridized carbons (Fsp3) is 0.667. The van der Waals surface area contributed by atoms with Crippen molar-refractivity contribution in [3.8, 4) is 5.88 Å². The SMILES string of the molecule is COc1ncnc(N(C)CCN2CCCC2)c1N. The molecule has 0 amide bonds. The molecule has 0 aliphatic carbocycles. The predicted octanol–water partition coefficient (Wildman–Crippen LogP) is 0.599. The number of methoxy groups -OCH3 is 1. The number of anilines is 2. The third kappa shape index (κ3) is 2.81. The van der Waals surface area contributed by atoms with E-state index in [4.69, 9.17) is 10.5 Å². The maximum Gasteiger partial charge on any atom is 0.242 e. The second-order valence-electron chi connectivity index (χ2n) is 4.59. The average molecular weight is 251 g/mol. The molecule has 6 nitrogen and oxygen atoms in total. The number of rotatable bonds is 5. The minimum atomic E-state index is 0.438. The van der Waals surface area contributed by atoms with Crippen LogP contribution in [0.3, 0.4) is 0 Å². The van der Waals surface area contributed by atoms with Crippen LogP contribution < -0.4 is 15.4 Å². The Labute approximate surface area is 108 Å². The number of hydrogen-bond acceptors (Lipinski definition) is 6. The van der Waals surface area contributed by atoms with Crippen molar-refractivity contribution < 1.29 is 4.74 Å². The molecule has 0 spiro atoms. The zero-order chi connectivity index (χ0) is 13.0. The Bertz CT molecular complexity index is 392. The van der Waals surface area contributed by atoms with Crippen LogP contribution in [0.5, 0.6) is 5.88 Å². The van der Waals surface area contributed by atoms with Crippen molar-refractivity contribution in [2.45, 2.75) is 12.8 Å². The van der Waals surface area contributed by atoms with Gasteiger partial charge in [-0.2, -0.15) is 4.98 Å². The van der Waals surface area contributed by atoms with Crippen molar-refractivity contribution in [3.63, 3.8) is 0 Å². The Hall–Kier alpha value is -1.56. The van der Waals surface area contributed by atoms with E-state index >= 15 is 0 Å². The molecule has 1 aliphatic rings. The van der Waals surface area contributed by atoms with Crippen LogP contribution in [0.15, 0.2) is 6.33 Å². The molecular formula is C12H21N5O. The second-order valence-corrected chi connectivity index (χ2v) is 4.59. The molecule has 1 aliphatic heterocycles. The molecule has 100 valence electrons. The molecule has 6 heteroatoms. The van der Waals surface area contributed by atoms with Crippen molar-refractivity contribution >= 4 is 11.5 Å². The standard InChI is InChI=1S/C12H21N5O/c1-16(7-8-17-5-3-4-6-17)11-10(13)12(18-2)15-9-14-11/h9H,3-8,13H2,1-2H3. The molecule has 2 N–H and O–H groups in total. The van der Waals surface area contributed by atoms with Crippen LogP contribution >= 0.6 is 0 Å². The zero-order valence-electron chi connectivity index (χ0n) is 11.1. The fourth-order valence-electron chi connectivity index (χ4n) is 2.24. The van der Waals surface area contributed by atoms with Gasteiger partial charge >= 0.3 is 0 Å². The van der Waals surface area contributed by atoms with Gasteiger partial charge in [0.05, 0.1) is 7.11 Å². The third-order valence-corrected chi connectivity index (χ3v) is 3.33. The molecule has 0 aromatic carbocycles. The van der Waals surface area contributed by atoms with E-state index in [0.717, 1.165) is 18.9 Å². The molecule has 0 unspecified atom stereocenters. The number of hydrogen-bond donors (Lipinski definition) is 1. The van der Waals surface area contributed by atoms with Gasteiger partial charge in [0, 0.05) is 20.1 Å². The molecule has 2 rings (SSSR count). The molecular weight excluding hydrogens is 230 g/mol. The summed E-state index contributed by atoms with van der Waals surface area (Å²) in [5, 5.41) is 0. The van der Waals surface area contributed by atoms with E-state index in [0.29, 0.717) is 11.6 Å². The van der Waals surface area contributed by atoms with Crippen LogP contribution in [0.1, 0.15) is 12.8 Å². The molecule has 0 atom stereocenters. The fourth-order valence-corrected chi connectivity index (χ4v) is 2.24. The number of aromatic nitrogens is 2. The summed E-state index contributed by atoms with van der Waals surface area (Å²) >= 11 is 0. The number of likely N-dealkylation sites (N-methyl/N-ethyl adjacent to an activating group) is 1. The first kappa shape index (κ1) is 12.9. The molecule has 1 saturated heterocycles. The lowest BCUT2D eigenvalue weighted by Gasteiger charge is -2.23. The smallest absolute Gasteiger partial charge is 0.242 e. The first-order valence-electron chi connectivity index (χ1n) is 6.30. The Morgan fingerprint density at radius 2 is 2.11 bits per heavy atom. The van der Waals surface area contributed by atoms with Crippen LogP contribution in [0.25, 0.3) is 0 Å². The van der Waals surface area contributed by atoms with Gasteiger partial charge in [0.1, 0.15) is 12.0 Å². The Morgan fingerprint density at radius 3 is 2.78 bits per heavy atom. The predicted molar refractivity (Wildman–Crippen MR) is 71.9 cm³/mol. The van der Waals surface area contributed by atoms with Crippen LogP contribution in [-0.4, -0.2) is 55.2 Å². The quantitative estimate of drug-likeness (QED) is 0.826. The van der Waals surface area contributed by atoms with Crippen LogP contribution in [0.4, 0.5) is 11.5 Å². The van der Waals surface area contributed by atoms with Crippen LogP contribution in [0.2, 0.25) is 0 Å². The lowest BCUT2D eigenvalue weighted by atomic mass is 10.4. The monoisotopic (exact) mass is 251 g/mol. The highest BCUT2D eigenvalue weighted by Gasteiger charge is 2.15. The van der Waals surface area contributed by atoms with E-state index < -0.39 is 0 Å². The zero-order valence-corrected chi connectivity index (χ0v) is 11.1. The minimum Gasteiger partial charge on any atom is -0.479 e. The molecule has 0 saturated carbocycles. The normalized spacial score (nSPS) is 15.9. The highest BCUT2D eigenvalue weighted by Crippen LogP contribution is 2.26. The van der Waals surface area contributed by atoms with Gasteiger partial charge in [-0.1, -0.05) is 0 Å². The number of nitrogen functional groups attached to an aromatic ring is 1. The Morgan fingerprint density at radius 1 is 1.39 bits per heavy atom. The summed E-state index contributed by atoms with van der Waals surface area (Å²) in [6.07, 6.45) is 4.11. The largest absolute Gasteiger partial charge is 0.479 e. The van der Waals surface area contributed by atoms with Crippen molar-refractivity contribution in [3.05, 3.63) is 6.33 Å². The van der Waals surface area contributed by atoms with Crippen molar-refractivity contribution in [1.29, 1.82) is 0 Å². The summed E-state index contributed by atoms with van der Waals surface area (Å²) < 4.78 is 5.10. The van der Waals surface area contributed by atoms with E-state index in [2.05, 4.69) is 19.8 Å². The second kappa shape index (κ2) is 5.86. The topological polar surface area (TPSA) is 67.5 Å². The number of likely N-dealkylation sites (tertiary alicyclic amines) is 1. The van der Waals surface area contributed by atoms with Gasteiger partial charge in [0.15, 0.2) is 5.82 Å². The summed E-state index contributed by atoms with van der Waals surface area (Å²) in [6, 6.07) is 0. The van der Waals surface area contributed by atoms with Crippen molar-refractivity contribution in [2.75, 3.05) is 51.0 Å². The number of nitrogens with two attached hydrogens (primary N) is 1. The highest BCUT2D eigenvalue weighted by molar-refractivity contribution is 5.67.